The van der Waals surface area contributed by atoms with Crippen molar-refractivity contribution in [3.63, 3.8) is 0 Å². The van der Waals surface area contributed by atoms with Crippen molar-refractivity contribution >= 4 is 11.3 Å². The first-order valence-corrected chi connectivity index (χ1v) is 7.54. The fraction of sp³-hybridized carbons (Fsp3) is 0.769. The van der Waals surface area contributed by atoms with Crippen molar-refractivity contribution < 1.29 is 4.74 Å². The molecule has 5 heteroatoms. The van der Waals surface area contributed by atoms with Crippen molar-refractivity contribution in [1.82, 2.24) is 15.2 Å². The van der Waals surface area contributed by atoms with Gasteiger partial charge < -0.3 is 10.1 Å². The lowest BCUT2D eigenvalue weighted by atomic mass is 10.1. The van der Waals surface area contributed by atoms with Gasteiger partial charge in [0, 0.05) is 18.5 Å². The van der Waals surface area contributed by atoms with Crippen LogP contribution in [0.1, 0.15) is 23.5 Å². The highest BCUT2D eigenvalue weighted by molar-refractivity contribution is 7.09. The summed E-state index contributed by atoms with van der Waals surface area (Å²) >= 11 is 1.72. The highest BCUT2D eigenvalue weighted by Crippen LogP contribution is 2.10. The molecule has 0 aromatic carbocycles. The second kappa shape index (κ2) is 7.19. The SMILES string of the molecule is Cc1nc(CN(C)CCOC2CCNCC2)cs1. The maximum Gasteiger partial charge on any atom is 0.0897 e. The number of aromatic nitrogens is 1. The molecule has 0 radical (unpaired) electrons. The lowest BCUT2D eigenvalue weighted by molar-refractivity contribution is 0.0223. The summed E-state index contributed by atoms with van der Waals surface area (Å²) in [5.74, 6) is 0. The molecular weight excluding hydrogens is 246 g/mol. The van der Waals surface area contributed by atoms with Crippen molar-refractivity contribution in [2.75, 3.05) is 33.3 Å². The Kier molecular flexibility index (Phi) is 5.56. The Morgan fingerprint density at radius 2 is 2.28 bits per heavy atom. The van der Waals surface area contributed by atoms with E-state index in [9.17, 15) is 0 Å². The van der Waals surface area contributed by atoms with E-state index in [-0.39, 0.29) is 0 Å². The summed E-state index contributed by atoms with van der Waals surface area (Å²) in [4.78, 5) is 6.75. The molecule has 1 saturated heterocycles. The summed E-state index contributed by atoms with van der Waals surface area (Å²) in [7, 11) is 2.13. The first-order valence-electron chi connectivity index (χ1n) is 6.66. The number of aryl methyl sites for hydroxylation is 1. The Bertz CT molecular complexity index is 350. The first kappa shape index (κ1) is 13.9. The van der Waals surface area contributed by atoms with Crippen molar-refractivity contribution in [2.24, 2.45) is 0 Å². The average molecular weight is 269 g/mol. The third-order valence-electron chi connectivity index (χ3n) is 3.21. The lowest BCUT2D eigenvalue weighted by Crippen LogP contribution is -2.34. The van der Waals surface area contributed by atoms with Gasteiger partial charge in [0.25, 0.3) is 0 Å². The minimum Gasteiger partial charge on any atom is -0.377 e. The molecule has 1 aliphatic rings. The Hall–Kier alpha value is -0.490. The van der Waals surface area contributed by atoms with Gasteiger partial charge in [0.05, 0.1) is 23.4 Å². The van der Waals surface area contributed by atoms with Crippen molar-refractivity contribution in [3.05, 3.63) is 16.1 Å². The largest absolute Gasteiger partial charge is 0.377 e. The molecule has 0 bridgehead atoms. The maximum atomic E-state index is 5.90. The second-order valence-corrected chi connectivity index (χ2v) is 5.98. The van der Waals surface area contributed by atoms with Crippen LogP contribution < -0.4 is 5.32 Å². The first-order chi connectivity index (χ1) is 8.74. The molecule has 0 aliphatic carbocycles. The molecule has 18 heavy (non-hydrogen) atoms. The van der Waals surface area contributed by atoms with Gasteiger partial charge in [-0.2, -0.15) is 0 Å². The van der Waals surface area contributed by atoms with E-state index in [2.05, 4.69) is 27.6 Å². The van der Waals surface area contributed by atoms with Gasteiger partial charge in [-0.3, -0.25) is 4.90 Å². The normalized spacial score (nSPS) is 17.5. The van der Waals surface area contributed by atoms with Crippen LogP contribution in [-0.4, -0.2) is 49.3 Å². The van der Waals surface area contributed by atoms with E-state index in [1.165, 1.54) is 5.69 Å². The summed E-state index contributed by atoms with van der Waals surface area (Å²) in [6.45, 7) is 6.95. The maximum absolute atomic E-state index is 5.90. The predicted molar refractivity (Wildman–Crippen MR) is 75.0 cm³/mol. The Morgan fingerprint density at radius 3 is 2.94 bits per heavy atom. The molecule has 1 aliphatic heterocycles. The fourth-order valence-electron chi connectivity index (χ4n) is 2.17. The fourth-order valence-corrected chi connectivity index (χ4v) is 2.78. The third-order valence-corrected chi connectivity index (χ3v) is 4.03. The molecule has 0 atom stereocenters. The number of piperidine rings is 1. The average Bonchev–Trinajstić information content (AvgIpc) is 2.76. The van der Waals surface area contributed by atoms with Gasteiger partial charge in [-0.1, -0.05) is 0 Å². The molecule has 4 nitrogen and oxygen atoms in total. The second-order valence-electron chi connectivity index (χ2n) is 4.92. The van der Waals surface area contributed by atoms with E-state index in [0.717, 1.165) is 50.6 Å². The van der Waals surface area contributed by atoms with Crippen LogP contribution in [0.15, 0.2) is 5.38 Å². The molecule has 1 aromatic heterocycles. The van der Waals surface area contributed by atoms with Gasteiger partial charge in [-0.05, 0) is 39.9 Å². The van der Waals surface area contributed by atoms with Crippen LogP contribution in [-0.2, 0) is 11.3 Å². The van der Waals surface area contributed by atoms with E-state index in [1.807, 2.05) is 6.92 Å². The molecule has 0 unspecified atom stereocenters. The molecular formula is C13H23N3OS. The van der Waals surface area contributed by atoms with E-state index >= 15 is 0 Å². The van der Waals surface area contributed by atoms with E-state index in [0.29, 0.717) is 6.10 Å². The standard InChI is InChI=1S/C13H23N3OS/c1-11-15-12(10-18-11)9-16(2)7-8-17-13-3-5-14-6-4-13/h10,13-14H,3-9H2,1-2H3. The molecule has 1 N–H and O–H groups in total. The van der Waals surface area contributed by atoms with Crippen molar-refractivity contribution in [3.8, 4) is 0 Å². The zero-order valence-electron chi connectivity index (χ0n) is 11.3. The molecule has 0 spiro atoms. The number of hydrogen-bond acceptors (Lipinski definition) is 5. The molecule has 0 amide bonds. The van der Waals surface area contributed by atoms with Gasteiger partial charge in [0.2, 0.25) is 0 Å². The summed E-state index contributed by atoms with van der Waals surface area (Å²) in [6.07, 6.45) is 2.76. The van der Waals surface area contributed by atoms with Crippen LogP contribution in [0.25, 0.3) is 0 Å². The summed E-state index contributed by atoms with van der Waals surface area (Å²) < 4.78 is 5.90. The van der Waals surface area contributed by atoms with Crippen LogP contribution in [0.4, 0.5) is 0 Å². The van der Waals surface area contributed by atoms with Crippen molar-refractivity contribution in [1.29, 1.82) is 0 Å². The summed E-state index contributed by atoms with van der Waals surface area (Å²) in [5, 5.41) is 6.63. The Labute approximate surface area is 113 Å². The minimum atomic E-state index is 0.459. The molecule has 2 heterocycles. The van der Waals surface area contributed by atoms with Crippen molar-refractivity contribution in [2.45, 2.75) is 32.4 Å². The van der Waals surface area contributed by atoms with Gasteiger partial charge >= 0.3 is 0 Å². The predicted octanol–water partition coefficient (Wildman–Crippen LogP) is 1.65. The summed E-state index contributed by atoms with van der Waals surface area (Å²) in [6, 6.07) is 0. The molecule has 1 fully saturated rings. The molecule has 1 aromatic rings. The van der Waals surface area contributed by atoms with Crippen LogP contribution in [0, 0.1) is 6.92 Å². The number of rotatable bonds is 6. The van der Waals surface area contributed by atoms with Gasteiger partial charge in [0.15, 0.2) is 0 Å². The van der Waals surface area contributed by atoms with Gasteiger partial charge in [0.1, 0.15) is 0 Å². The lowest BCUT2D eigenvalue weighted by Gasteiger charge is -2.24. The van der Waals surface area contributed by atoms with Crippen LogP contribution in [0.5, 0.6) is 0 Å². The Morgan fingerprint density at radius 1 is 1.50 bits per heavy atom. The number of nitrogens with one attached hydrogen (secondary N) is 1. The number of hydrogen-bond donors (Lipinski definition) is 1. The zero-order chi connectivity index (χ0) is 12.8. The number of ether oxygens (including phenoxy) is 1. The van der Waals surface area contributed by atoms with Gasteiger partial charge in [-0.15, -0.1) is 11.3 Å². The molecule has 102 valence electrons. The number of likely N-dealkylation sites (N-methyl/N-ethyl adjacent to an activating group) is 1. The van der Waals surface area contributed by atoms with E-state index < -0.39 is 0 Å². The van der Waals surface area contributed by atoms with Gasteiger partial charge in [-0.25, -0.2) is 4.98 Å². The Balaban J connectivity index is 1.60. The van der Waals surface area contributed by atoms with E-state index in [1.54, 1.807) is 11.3 Å². The van der Waals surface area contributed by atoms with Crippen LogP contribution >= 0.6 is 11.3 Å². The smallest absolute Gasteiger partial charge is 0.0897 e. The third kappa shape index (κ3) is 4.65. The number of thiazole rings is 1. The quantitative estimate of drug-likeness (QED) is 0.852. The topological polar surface area (TPSA) is 37.4 Å². The highest BCUT2D eigenvalue weighted by Gasteiger charge is 2.13. The van der Waals surface area contributed by atoms with Crippen LogP contribution in [0.2, 0.25) is 0 Å². The monoisotopic (exact) mass is 269 g/mol. The highest BCUT2D eigenvalue weighted by atomic mass is 32.1. The number of nitrogens with zero attached hydrogens (tertiary/aromatic N) is 2. The van der Waals surface area contributed by atoms with E-state index in [4.69, 9.17) is 4.74 Å². The zero-order valence-corrected chi connectivity index (χ0v) is 12.1. The molecule has 0 saturated carbocycles. The van der Waals surface area contributed by atoms with Crippen LogP contribution in [0.3, 0.4) is 0 Å². The molecule has 2 rings (SSSR count). The summed E-state index contributed by atoms with van der Waals surface area (Å²) in [5.41, 5.74) is 1.17. The minimum absolute atomic E-state index is 0.459.